The molecule has 0 aliphatic heterocycles. The van der Waals surface area contributed by atoms with E-state index in [1.807, 2.05) is 36.4 Å². The molecule has 94 valence electrons. The summed E-state index contributed by atoms with van der Waals surface area (Å²) in [4.78, 5) is 4.38. The van der Waals surface area contributed by atoms with Crippen molar-refractivity contribution >= 4 is 16.6 Å². The van der Waals surface area contributed by atoms with Gasteiger partial charge in [-0.05, 0) is 12.1 Å². The Morgan fingerprint density at radius 1 is 1.00 bits per heavy atom. The minimum atomic E-state index is -0.355. The number of anilines is 1. The Morgan fingerprint density at radius 2 is 1.79 bits per heavy atom. The van der Waals surface area contributed by atoms with E-state index in [-0.39, 0.29) is 5.82 Å². The first kappa shape index (κ1) is 11.6. The Kier molecular flexibility index (Phi) is 2.85. The number of nitrogens with one attached hydrogen (secondary N) is 1. The maximum absolute atomic E-state index is 13.9. The quantitative estimate of drug-likeness (QED) is 0.544. The van der Waals surface area contributed by atoms with Crippen molar-refractivity contribution < 1.29 is 4.39 Å². The zero-order chi connectivity index (χ0) is 13.2. The molecule has 0 fully saturated rings. The highest BCUT2D eigenvalue weighted by Gasteiger charge is 2.09. The number of aromatic nitrogens is 1. The number of hydrazine groups is 1. The van der Waals surface area contributed by atoms with Gasteiger partial charge in [0.1, 0.15) is 11.3 Å². The summed E-state index contributed by atoms with van der Waals surface area (Å²) in [5, 5.41) is 0.669. The number of hydrogen-bond acceptors (Lipinski definition) is 3. The molecule has 3 N–H and O–H groups in total. The van der Waals surface area contributed by atoms with Crippen molar-refractivity contribution in [3.05, 3.63) is 60.4 Å². The molecule has 0 spiro atoms. The largest absolute Gasteiger partial charge is 0.323 e. The molecule has 0 unspecified atom stereocenters. The van der Waals surface area contributed by atoms with E-state index in [0.29, 0.717) is 22.3 Å². The van der Waals surface area contributed by atoms with Crippen LogP contribution in [0.25, 0.3) is 22.2 Å². The average molecular weight is 253 g/mol. The molecule has 1 heterocycles. The summed E-state index contributed by atoms with van der Waals surface area (Å²) in [6, 6.07) is 16.2. The van der Waals surface area contributed by atoms with Crippen molar-refractivity contribution in [3.63, 3.8) is 0 Å². The predicted octanol–water partition coefficient (Wildman–Crippen LogP) is 3.33. The second-order valence-electron chi connectivity index (χ2n) is 4.20. The highest BCUT2D eigenvalue weighted by molar-refractivity contribution is 5.93. The molecule has 0 saturated heterocycles. The molecule has 0 atom stereocenters. The lowest BCUT2D eigenvalue weighted by molar-refractivity contribution is 0.637. The maximum atomic E-state index is 13.9. The molecule has 0 bridgehead atoms. The Morgan fingerprint density at radius 3 is 2.53 bits per heavy atom. The van der Waals surface area contributed by atoms with Crippen molar-refractivity contribution in [2.45, 2.75) is 0 Å². The summed E-state index contributed by atoms with van der Waals surface area (Å²) in [5.41, 5.74) is 5.18. The molecule has 2 aromatic carbocycles. The SMILES string of the molecule is NNc1cc(-c2ccccc2)nc2c(F)cccc12. The first-order valence-corrected chi connectivity index (χ1v) is 5.91. The first-order valence-electron chi connectivity index (χ1n) is 5.91. The Balaban J connectivity index is 2.31. The van der Waals surface area contributed by atoms with Crippen LogP contribution in [0, 0.1) is 5.82 Å². The van der Waals surface area contributed by atoms with Gasteiger partial charge in [-0.2, -0.15) is 0 Å². The molecule has 0 radical (unpaired) electrons. The summed E-state index contributed by atoms with van der Waals surface area (Å²) in [6.45, 7) is 0. The predicted molar refractivity (Wildman–Crippen MR) is 74.9 cm³/mol. The normalized spacial score (nSPS) is 10.6. The van der Waals surface area contributed by atoms with Crippen LogP contribution in [0.15, 0.2) is 54.6 Å². The number of nitrogens with two attached hydrogens (primary N) is 1. The van der Waals surface area contributed by atoms with Crippen LogP contribution in [0.1, 0.15) is 0 Å². The number of pyridine rings is 1. The lowest BCUT2D eigenvalue weighted by atomic mass is 10.1. The summed E-state index contributed by atoms with van der Waals surface area (Å²) >= 11 is 0. The van der Waals surface area contributed by atoms with Crippen molar-refractivity contribution in [3.8, 4) is 11.3 Å². The minimum absolute atomic E-state index is 0.316. The fourth-order valence-corrected chi connectivity index (χ4v) is 2.09. The van der Waals surface area contributed by atoms with E-state index in [2.05, 4.69) is 10.4 Å². The van der Waals surface area contributed by atoms with Gasteiger partial charge in [0.15, 0.2) is 0 Å². The Hall–Kier alpha value is -2.46. The number of hydrogen-bond donors (Lipinski definition) is 2. The second-order valence-corrected chi connectivity index (χ2v) is 4.20. The van der Waals surface area contributed by atoms with E-state index in [4.69, 9.17) is 5.84 Å². The van der Waals surface area contributed by atoms with Crippen molar-refractivity contribution in [2.75, 3.05) is 5.43 Å². The fraction of sp³-hybridized carbons (Fsp3) is 0. The van der Waals surface area contributed by atoms with Crippen LogP contribution in [-0.4, -0.2) is 4.98 Å². The van der Waals surface area contributed by atoms with Gasteiger partial charge < -0.3 is 5.43 Å². The number of halogens is 1. The highest BCUT2D eigenvalue weighted by Crippen LogP contribution is 2.28. The number of fused-ring (bicyclic) bond motifs is 1. The van der Waals surface area contributed by atoms with E-state index in [0.717, 1.165) is 5.56 Å². The van der Waals surface area contributed by atoms with Crippen LogP contribution in [0.3, 0.4) is 0 Å². The van der Waals surface area contributed by atoms with Gasteiger partial charge in [0.25, 0.3) is 0 Å². The van der Waals surface area contributed by atoms with Gasteiger partial charge in [-0.15, -0.1) is 0 Å². The second kappa shape index (κ2) is 4.66. The molecule has 3 aromatic rings. The number of benzene rings is 2. The maximum Gasteiger partial charge on any atom is 0.149 e. The number of nitrogens with zero attached hydrogens (tertiary/aromatic N) is 1. The van der Waals surface area contributed by atoms with Crippen LogP contribution in [0.4, 0.5) is 10.1 Å². The molecule has 3 rings (SSSR count). The standard InChI is InChI=1S/C15H12FN3/c16-12-8-4-7-11-14(19-17)9-13(18-15(11)12)10-5-2-1-3-6-10/h1-9H,17H2,(H,18,19). The van der Waals surface area contributed by atoms with Crippen LogP contribution in [0.5, 0.6) is 0 Å². The molecular formula is C15H12FN3. The van der Waals surface area contributed by atoms with Crippen molar-refractivity contribution in [1.82, 2.24) is 4.98 Å². The summed E-state index contributed by atoms with van der Waals surface area (Å²) in [6.07, 6.45) is 0. The first-order chi connectivity index (χ1) is 9.29. The van der Waals surface area contributed by atoms with Gasteiger partial charge in [-0.1, -0.05) is 42.5 Å². The van der Waals surface area contributed by atoms with Crippen LogP contribution >= 0.6 is 0 Å². The summed E-state index contributed by atoms with van der Waals surface area (Å²) in [5.74, 6) is 5.16. The molecule has 0 amide bonds. The van der Waals surface area contributed by atoms with Crippen LogP contribution in [0.2, 0.25) is 0 Å². The van der Waals surface area contributed by atoms with Gasteiger partial charge in [-0.3, -0.25) is 5.84 Å². The van der Waals surface area contributed by atoms with E-state index in [1.165, 1.54) is 6.07 Å². The van der Waals surface area contributed by atoms with Gasteiger partial charge in [-0.25, -0.2) is 9.37 Å². The summed E-state index contributed by atoms with van der Waals surface area (Å²) in [7, 11) is 0. The third kappa shape index (κ3) is 2.02. The van der Waals surface area contributed by atoms with E-state index >= 15 is 0 Å². The lowest BCUT2D eigenvalue weighted by Gasteiger charge is -2.09. The van der Waals surface area contributed by atoms with E-state index < -0.39 is 0 Å². The lowest BCUT2D eigenvalue weighted by Crippen LogP contribution is -2.08. The van der Waals surface area contributed by atoms with Crippen molar-refractivity contribution in [1.29, 1.82) is 0 Å². The Bertz CT molecular complexity index is 726. The molecule has 0 aliphatic carbocycles. The van der Waals surface area contributed by atoms with Crippen LogP contribution in [-0.2, 0) is 0 Å². The topological polar surface area (TPSA) is 50.9 Å². The monoisotopic (exact) mass is 253 g/mol. The minimum Gasteiger partial charge on any atom is -0.323 e. The number of para-hydroxylation sites is 1. The average Bonchev–Trinajstić information content (AvgIpc) is 2.48. The number of rotatable bonds is 2. The van der Waals surface area contributed by atoms with E-state index in [1.54, 1.807) is 12.1 Å². The van der Waals surface area contributed by atoms with E-state index in [9.17, 15) is 4.39 Å². The molecule has 0 saturated carbocycles. The molecule has 0 aliphatic rings. The van der Waals surface area contributed by atoms with Gasteiger partial charge in [0, 0.05) is 10.9 Å². The Labute approximate surface area is 109 Å². The van der Waals surface area contributed by atoms with Gasteiger partial charge in [0.2, 0.25) is 0 Å². The molecule has 1 aromatic heterocycles. The van der Waals surface area contributed by atoms with Gasteiger partial charge in [0.05, 0.1) is 11.4 Å². The zero-order valence-electron chi connectivity index (χ0n) is 10.1. The summed E-state index contributed by atoms with van der Waals surface area (Å²) < 4.78 is 13.9. The smallest absolute Gasteiger partial charge is 0.149 e. The van der Waals surface area contributed by atoms with Gasteiger partial charge >= 0.3 is 0 Å². The third-order valence-electron chi connectivity index (χ3n) is 3.02. The van der Waals surface area contributed by atoms with Crippen LogP contribution < -0.4 is 11.3 Å². The molecular weight excluding hydrogens is 241 g/mol. The van der Waals surface area contributed by atoms with Crippen molar-refractivity contribution in [2.24, 2.45) is 5.84 Å². The molecule has 4 heteroatoms. The fourth-order valence-electron chi connectivity index (χ4n) is 2.09. The molecule has 3 nitrogen and oxygen atoms in total. The molecule has 19 heavy (non-hydrogen) atoms. The zero-order valence-corrected chi connectivity index (χ0v) is 10.1. The highest BCUT2D eigenvalue weighted by atomic mass is 19.1. The third-order valence-corrected chi connectivity index (χ3v) is 3.02. The number of nitrogen functional groups attached to an aromatic ring is 1.